The molecule has 0 radical (unpaired) electrons. The molecule has 7 heteroatoms. The molecule has 3 N–H and O–H groups in total. The van der Waals surface area contributed by atoms with Crippen LogP contribution in [0.1, 0.15) is 25.3 Å². The predicted molar refractivity (Wildman–Crippen MR) is 92.8 cm³/mol. The maximum absolute atomic E-state index is 13.1. The van der Waals surface area contributed by atoms with E-state index in [9.17, 15) is 14.9 Å². The van der Waals surface area contributed by atoms with Gasteiger partial charge in [-0.05, 0) is 24.1 Å². The summed E-state index contributed by atoms with van der Waals surface area (Å²) in [7, 11) is 0. The van der Waals surface area contributed by atoms with Gasteiger partial charge in [-0.3, -0.25) is 9.59 Å². The van der Waals surface area contributed by atoms with E-state index in [0.29, 0.717) is 29.9 Å². The summed E-state index contributed by atoms with van der Waals surface area (Å²) in [5.41, 5.74) is 5.77. The summed E-state index contributed by atoms with van der Waals surface area (Å²) in [5.74, 6) is -0.267. The number of ether oxygens (including phenoxy) is 1. The molecule has 4 rings (SSSR count). The Morgan fingerprint density at radius 1 is 1.40 bits per heavy atom. The van der Waals surface area contributed by atoms with Crippen molar-refractivity contribution in [1.82, 2.24) is 0 Å². The molecule has 2 heterocycles. The van der Waals surface area contributed by atoms with Crippen molar-refractivity contribution < 1.29 is 14.3 Å². The van der Waals surface area contributed by atoms with Crippen LogP contribution in [0.4, 0.5) is 5.69 Å². The standard InChI is InChI=1S/C18H14BrN3O3/c1-8-4-13(23)15-14(5-8)25-16(21)11(7-20)18(15)10-6-9(19)2-3-12(10)22-17(18)24/h2-3,6,8H,4-5,21H2,1H3,(H,22,24). The molecule has 0 aromatic heterocycles. The van der Waals surface area contributed by atoms with E-state index in [1.54, 1.807) is 18.2 Å². The fourth-order valence-corrected chi connectivity index (χ4v) is 4.34. The van der Waals surface area contributed by atoms with E-state index in [1.807, 2.05) is 13.0 Å². The van der Waals surface area contributed by atoms with Crippen LogP contribution in [0.15, 0.2) is 45.5 Å². The number of ketones is 1. The molecule has 1 aliphatic carbocycles. The molecule has 0 bridgehead atoms. The third-order valence-corrected chi connectivity index (χ3v) is 5.43. The van der Waals surface area contributed by atoms with Crippen LogP contribution < -0.4 is 11.1 Å². The molecule has 0 fully saturated rings. The first-order chi connectivity index (χ1) is 11.9. The number of halogens is 1. The van der Waals surface area contributed by atoms with Crippen molar-refractivity contribution in [2.45, 2.75) is 25.2 Å². The molecule has 1 amide bonds. The number of nitrogens with one attached hydrogen (secondary N) is 1. The molecule has 3 aliphatic rings. The number of fused-ring (bicyclic) bond motifs is 3. The zero-order valence-corrected chi connectivity index (χ0v) is 14.9. The van der Waals surface area contributed by atoms with E-state index < -0.39 is 11.3 Å². The van der Waals surface area contributed by atoms with Crippen LogP contribution in [0.25, 0.3) is 0 Å². The summed E-state index contributed by atoms with van der Waals surface area (Å²) in [6.45, 7) is 1.94. The monoisotopic (exact) mass is 399 g/mol. The number of benzene rings is 1. The first-order valence-electron chi connectivity index (χ1n) is 7.86. The summed E-state index contributed by atoms with van der Waals surface area (Å²) in [6, 6.07) is 7.29. The first-order valence-corrected chi connectivity index (χ1v) is 8.65. The van der Waals surface area contributed by atoms with Crippen LogP contribution in [-0.2, 0) is 19.7 Å². The Kier molecular flexibility index (Phi) is 3.31. The van der Waals surface area contributed by atoms with Gasteiger partial charge < -0.3 is 15.8 Å². The highest BCUT2D eigenvalue weighted by Crippen LogP contribution is 2.54. The maximum Gasteiger partial charge on any atom is 0.245 e. The van der Waals surface area contributed by atoms with Gasteiger partial charge in [0.05, 0.1) is 5.57 Å². The number of nitriles is 1. The number of Topliss-reactive ketones (excluding diaryl/α,β-unsaturated/α-hetero) is 1. The molecule has 126 valence electrons. The van der Waals surface area contributed by atoms with E-state index in [4.69, 9.17) is 10.5 Å². The maximum atomic E-state index is 13.1. The van der Waals surface area contributed by atoms with Crippen molar-refractivity contribution >= 4 is 33.3 Å². The number of carbonyl (C=O) groups excluding carboxylic acids is 2. The van der Waals surface area contributed by atoms with Crippen LogP contribution in [0.3, 0.4) is 0 Å². The van der Waals surface area contributed by atoms with Gasteiger partial charge in [0.2, 0.25) is 11.8 Å². The summed E-state index contributed by atoms with van der Waals surface area (Å²) in [6.07, 6.45) is 0.804. The molecule has 25 heavy (non-hydrogen) atoms. The number of carbonyl (C=O) groups is 2. The van der Waals surface area contributed by atoms with E-state index >= 15 is 0 Å². The quantitative estimate of drug-likeness (QED) is 0.697. The van der Waals surface area contributed by atoms with E-state index in [1.165, 1.54) is 0 Å². The Morgan fingerprint density at radius 3 is 2.88 bits per heavy atom. The van der Waals surface area contributed by atoms with Gasteiger partial charge in [0.25, 0.3) is 0 Å². The Labute approximate surface area is 152 Å². The third kappa shape index (κ3) is 1.94. The van der Waals surface area contributed by atoms with Crippen molar-refractivity contribution in [2.75, 3.05) is 5.32 Å². The van der Waals surface area contributed by atoms with E-state index in [0.717, 1.165) is 4.47 Å². The van der Waals surface area contributed by atoms with Crippen LogP contribution in [0.5, 0.6) is 0 Å². The third-order valence-electron chi connectivity index (χ3n) is 4.94. The largest absolute Gasteiger partial charge is 0.444 e. The summed E-state index contributed by atoms with van der Waals surface area (Å²) in [4.78, 5) is 26.0. The molecule has 1 spiro atoms. The van der Waals surface area contributed by atoms with Gasteiger partial charge in [0.1, 0.15) is 22.8 Å². The number of rotatable bonds is 0. The molecular formula is C18H14BrN3O3. The zero-order chi connectivity index (χ0) is 17.9. The lowest BCUT2D eigenvalue weighted by atomic mass is 9.64. The fraction of sp³-hybridized carbons (Fsp3) is 0.278. The van der Waals surface area contributed by atoms with Crippen LogP contribution >= 0.6 is 15.9 Å². The molecular weight excluding hydrogens is 386 g/mol. The van der Waals surface area contributed by atoms with Gasteiger partial charge in [0, 0.05) is 28.6 Å². The van der Waals surface area contributed by atoms with Crippen LogP contribution in [0, 0.1) is 17.2 Å². The minimum Gasteiger partial charge on any atom is -0.444 e. The average Bonchev–Trinajstić information content (AvgIpc) is 2.80. The summed E-state index contributed by atoms with van der Waals surface area (Å²) < 4.78 is 6.36. The average molecular weight is 400 g/mol. The number of anilines is 1. The predicted octanol–water partition coefficient (Wildman–Crippen LogP) is 2.62. The molecule has 2 aliphatic heterocycles. The highest BCUT2D eigenvalue weighted by Gasteiger charge is 2.60. The number of nitrogens with two attached hydrogens (primary N) is 1. The van der Waals surface area contributed by atoms with Crippen molar-refractivity contribution in [1.29, 1.82) is 5.26 Å². The highest BCUT2D eigenvalue weighted by atomic mass is 79.9. The highest BCUT2D eigenvalue weighted by molar-refractivity contribution is 9.10. The molecule has 0 saturated heterocycles. The van der Waals surface area contributed by atoms with Crippen molar-refractivity contribution in [3.05, 3.63) is 51.0 Å². The number of nitrogens with zero attached hydrogens (tertiary/aromatic N) is 1. The Balaban J connectivity index is 2.11. The Hall–Kier alpha value is -2.59. The smallest absolute Gasteiger partial charge is 0.245 e. The molecule has 1 aromatic rings. The first kappa shape index (κ1) is 15.9. The summed E-state index contributed by atoms with van der Waals surface area (Å²) in [5, 5.41) is 12.5. The van der Waals surface area contributed by atoms with Crippen molar-refractivity contribution in [2.24, 2.45) is 11.7 Å². The van der Waals surface area contributed by atoms with Gasteiger partial charge in [-0.15, -0.1) is 0 Å². The Bertz CT molecular complexity index is 957. The second-order valence-corrected chi connectivity index (χ2v) is 7.50. The lowest BCUT2D eigenvalue weighted by Gasteiger charge is -2.38. The normalized spacial score (nSPS) is 27.6. The number of hydrogen-bond acceptors (Lipinski definition) is 5. The van der Waals surface area contributed by atoms with Crippen molar-refractivity contribution in [3.63, 3.8) is 0 Å². The van der Waals surface area contributed by atoms with E-state index in [2.05, 4.69) is 21.2 Å². The van der Waals surface area contributed by atoms with Gasteiger partial charge in [-0.25, -0.2) is 0 Å². The lowest BCUT2D eigenvalue weighted by molar-refractivity contribution is -0.123. The number of allylic oxidation sites excluding steroid dienone is 1. The van der Waals surface area contributed by atoms with Gasteiger partial charge in [-0.2, -0.15) is 5.26 Å². The molecule has 2 unspecified atom stereocenters. The summed E-state index contributed by atoms with van der Waals surface area (Å²) >= 11 is 3.40. The van der Waals surface area contributed by atoms with Crippen molar-refractivity contribution in [3.8, 4) is 6.07 Å². The number of hydrogen-bond donors (Lipinski definition) is 2. The lowest BCUT2D eigenvalue weighted by Crippen LogP contribution is -2.47. The van der Waals surface area contributed by atoms with Gasteiger partial charge >= 0.3 is 0 Å². The molecule has 0 saturated carbocycles. The minimum atomic E-state index is -1.54. The fourth-order valence-electron chi connectivity index (χ4n) is 3.98. The van der Waals surface area contributed by atoms with Gasteiger partial charge in [0.15, 0.2) is 5.78 Å². The van der Waals surface area contributed by atoms with Gasteiger partial charge in [-0.1, -0.05) is 22.9 Å². The van der Waals surface area contributed by atoms with Crippen LogP contribution in [0.2, 0.25) is 0 Å². The minimum absolute atomic E-state index is 0.0384. The Morgan fingerprint density at radius 2 is 2.16 bits per heavy atom. The van der Waals surface area contributed by atoms with E-state index in [-0.39, 0.29) is 28.7 Å². The number of amides is 1. The second-order valence-electron chi connectivity index (χ2n) is 6.58. The zero-order valence-electron chi connectivity index (χ0n) is 13.4. The van der Waals surface area contributed by atoms with Crippen LogP contribution in [-0.4, -0.2) is 11.7 Å². The topological polar surface area (TPSA) is 105 Å². The SMILES string of the molecule is CC1CC(=O)C2=C(C1)OC(N)=C(C#N)C21C(=O)Nc2ccc(Br)cc21. The second kappa shape index (κ2) is 5.20. The molecule has 1 aromatic carbocycles. The molecule has 6 nitrogen and oxygen atoms in total. The molecule has 2 atom stereocenters.